The van der Waals surface area contributed by atoms with E-state index < -0.39 is 0 Å². The molecule has 60 heavy (non-hydrogen) atoms. The second kappa shape index (κ2) is 15.3. The van der Waals surface area contributed by atoms with Crippen LogP contribution in [0.3, 0.4) is 0 Å². The Hall–Kier alpha value is -7.52. The molecule has 10 aromatic carbocycles. The lowest BCUT2D eigenvalue weighted by atomic mass is 9.93. The van der Waals surface area contributed by atoms with Crippen LogP contribution in [-0.4, -0.2) is 0 Å². The molecule has 0 N–H and O–H groups in total. The van der Waals surface area contributed by atoms with Crippen LogP contribution in [0.1, 0.15) is 0 Å². The van der Waals surface area contributed by atoms with E-state index in [1.54, 1.807) is 0 Å². The van der Waals surface area contributed by atoms with Crippen molar-refractivity contribution in [3.63, 3.8) is 0 Å². The van der Waals surface area contributed by atoms with Crippen LogP contribution in [0.4, 0.5) is 17.1 Å². The van der Waals surface area contributed by atoms with E-state index in [0.717, 1.165) is 17.1 Å². The maximum Gasteiger partial charge on any atom is 0.0540 e. The molecular weight excluding hydrogens is 743 g/mol. The summed E-state index contributed by atoms with van der Waals surface area (Å²) in [7, 11) is 0. The zero-order valence-corrected chi connectivity index (χ0v) is 33.7. The van der Waals surface area contributed by atoms with Gasteiger partial charge in [-0.15, -0.1) is 11.3 Å². The number of hydrogen-bond acceptors (Lipinski definition) is 2. The molecule has 0 fully saturated rings. The van der Waals surface area contributed by atoms with E-state index in [9.17, 15) is 0 Å². The lowest BCUT2D eigenvalue weighted by molar-refractivity contribution is 1.28. The van der Waals surface area contributed by atoms with Gasteiger partial charge in [-0.3, -0.25) is 0 Å². The van der Waals surface area contributed by atoms with Crippen molar-refractivity contribution in [3.8, 4) is 55.6 Å². The molecule has 0 spiro atoms. The Balaban J connectivity index is 1.02. The van der Waals surface area contributed by atoms with Crippen LogP contribution < -0.4 is 4.90 Å². The summed E-state index contributed by atoms with van der Waals surface area (Å²) in [6, 6.07) is 86.1. The number of nitrogens with zero attached hydrogens (tertiary/aromatic N) is 1. The Bertz CT molecular complexity index is 3310. The molecule has 282 valence electrons. The van der Waals surface area contributed by atoms with Crippen LogP contribution in [0.25, 0.3) is 86.6 Å². The lowest BCUT2D eigenvalue weighted by Gasteiger charge is -2.29. The minimum atomic E-state index is 1.09. The molecule has 0 radical (unpaired) electrons. The highest BCUT2D eigenvalue weighted by molar-refractivity contribution is 7.25. The van der Waals surface area contributed by atoms with Gasteiger partial charge in [0.05, 0.1) is 5.69 Å². The third-order valence-electron chi connectivity index (χ3n) is 11.7. The Morgan fingerprint density at radius 2 is 0.800 bits per heavy atom. The maximum absolute atomic E-state index is 2.41. The van der Waals surface area contributed by atoms with E-state index >= 15 is 0 Å². The average Bonchev–Trinajstić information content (AvgIpc) is 3.72. The van der Waals surface area contributed by atoms with Gasteiger partial charge in [0, 0.05) is 37.1 Å². The predicted molar refractivity (Wildman–Crippen MR) is 259 cm³/mol. The Morgan fingerprint density at radius 1 is 0.283 bits per heavy atom. The third-order valence-corrected chi connectivity index (χ3v) is 12.8. The molecule has 0 aliphatic rings. The minimum Gasteiger partial charge on any atom is -0.310 e. The van der Waals surface area contributed by atoms with Gasteiger partial charge in [-0.05, 0) is 115 Å². The van der Waals surface area contributed by atoms with Gasteiger partial charge < -0.3 is 4.90 Å². The van der Waals surface area contributed by atoms with E-state index in [2.05, 4.69) is 241 Å². The van der Waals surface area contributed by atoms with Crippen molar-refractivity contribution in [3.05, 3.63) is 237 Å². The van der Waals surface area contributed by atoms with Crippen LogP contribution >= 0.6 is 11.3 Å². The Labute approximate surface area is 354 Å². The van der Waals surface area contributed by atoms with Crippen molar-refractivity contribution >= 4 is 59.3 Å². The van der Waals surface area contributed by atoms with Crippen LogP contribution in [0, 0.1) is 0 Å². The second-order valence-corrected chi connectivity index (χ2v) is 16.4. The summed E-state index contributed by atoms with van der Waals surface area (Å²) < 4.78 is 2.63. The largest absolute Gasteiger partial charge is 0.310 e. The average molecular weight is 782 g/mol. The van der Waals surface area contributed by atoms with Crippen molar-refractivity contribution in [2.75, 3.05) is 4.90 Å². The third kappa shape index (κ3) is 6.54. The molecule has 0 atom stereocenters. The SMILES string of the molecule is c1ccc(-c2ccccc2-c2ccccc2N(c2ccc(-c3cccc(-c4ccc5ccccc5c4)c3)cc2)c2ccc(-c3cccc4sc5ccccc5c34)cc2)cc1. The summed E-state index contributed by atoms with van der Waals surface area (Å²) in [4.78, 5) is 2.41. The van der Waals surface area contributed by atoms with Crippen molar-refractivity contribution in [2.45, 2.75) is 0 Å². The minimum absolute atomic E-state index is 1.09. The summed E-state index contributed by atoms with van der Waals surface area (Å²) in [5, 5.41) is 5.14. The van der Waals surface area contributed by atoms with Gasteiger partial charge in [0.2, 0.25) is 0 Å². The molecular formula is C58H39NS. The number of benzene rings is 10. The smallest absolute Gasteiger partial charge is 0.0540 e. The lowest BCUT2D eigenvalue weighted by Crippen LogP contribution is -2.11. The first-order valence-electron chi connectivity index (χ1n) is 20.5. The molecule has 0 aliphatic heterocycles. The first kappa shape index (κ1) is 35.6. The standard InChI is InChI=1S/C58H39NS/c1-2-15-42(16-3-1)50-20-6-7-21-52(50)53-22-8-10-25-55(53)59(49-36-32-43(33-37-49)51-24-13-27-57-58(51)54-23-9-11-26-56(54)60-57)48-34-30-41(31-35-48)45-18-12-19-46(38-45)47-29-28-40-14-4-5-17-44(40)39-47/h1-39H. The van der Waals surface area contributed by atoms with Crippen molar-refractivity contribution in [1.82, 2.24) is 0 Å². The number of hydrogen-bond donors (Lipinski definition) is 0. The van der Waals surface area contributed by atoms with Gasteiger partial charge >= 0.3 is 0 Å². The predicted octanol–water partition coefficient (Wildman–Crippen LogP) is 17.0. The summed E-state index contributed by atoms with van der Waals surface area (Å²) in [5.74, 6) is 0. The molecule has 11 rings (SSSR count). The van der Waals surface area contributed by atoms with Crippen LogP contribution in [-0.2, 0) is 0 Å². The quantitative estimate of drug-likeness (QED) is 0.148. The molecule has 1 heterocycles. The second-order valence-electron chi connectivity index (χ2n) is 15.3. The molecule has 1 nitrogen and oxygen atoms in total. The van der Waals surface area contributed by atoms with Gasteiger partial charge in [-0.1, -0.05) is 182 Å². The normalized spacial score (nSPS) is 11.3. The molecule has 11 aromatic rings. The van der Waals surface area contributed by atoms with Crippen LogP contribution in [0.15, 0.2) is 237 Å². The zero-order valence-electron chi connectivity index (χ0n) is 32.9. The molecule has 0 saturated heterocycles. The highest BCUT2D eigenvalue weighted by Gasteiger charge is 2.20. The molecule has 0 bridgehead atoms. The fourth-order valence-electron chi connectivity index (χ4n) is 8.77. The highest BCUT2D eigenvalue weighted by atomic mass is 32.1. The molecule has 0 amide bonds. The van der Waals surface area contributed by atoms with E-state index in [4.69, 9.17) is 0 Å². The summed E-state index contributed by atoms with van der Waals surface area (Å²) >= 11 is 1.86. The number of fused-ring (bicyclic) bond motifs is 4. The first-order valence-corrected chi connectivity index (χ1v) is 21.3. The van der Waals surface area contributed by atoms with Gasteiger partial charge in [0.25, 0.3) is 0 Å². The van der Waals surface area contributed by atoms with E-state index in [-0.39, 0.29) is 0 Å². The van der Waals surface area contributed by atoms with E-state index in [0.29, 0.717) is 0 Å². The summed E-state index contributed by atoms with van der Waals surface area (Å²) in [5.41, 5.74) is 15.3. The van der Waals surface area contributed by atoms with Gasteiger partial charge in [0.1, 0.15) is 0 Å². The maximum atomic E-state index is 2.41. The Morgan fingerprint density at radius 3 is 1.60 bits per heavy atom. The van der Waals surface area contributed by atoms with Gasteiger partial charge in [0.15, 0.2) is 0 Å². The fraction of sp³-hybridized carbons (Fsp3) is 0. The number of thiophene rings is 1. The highest BCUT2D eigenvalue weighted by Crippen LogP contribution is 2.45. The van der Waals surface area contributed by atoms with E-state index in [1.807, 2.05) is 11.3 Å². The number of para-hydroxylation sites is 1. The Kier molecular flexibility index (Phi) is 9.11. The fourth-order valence-corrected chi connectivity index (χ4v) is 9.90. The number of anilines is 3. The van der Waals surface area contributed by atoms with Crippen molar-refractivity contribution in [1.29, 1.82) is 0 Å². The molecule has 2 heteroatoms. The molecule has 0 unspecified atom stereocenters. The van der Waals surface area contributed by atoms with E-state index in [1.165, 1.54) is 86.6 Å². The molecule has 0 saturated carbocycles. The topological polar surface area (TPSA) is 3.24 Å². The summed E-state index contributed by atoms with van der Waals surface area (Å²) in [6.45, 7) is 0. The molecule has 1 aromatic heterocycles. The summed E-state index contributed by atoms with van der Waals surface area (Å²) in [6.07, 6.45) is 0. The van der Waals surface area contributed by atoms with Crippen molar-refractivity contribution < 1.29 is 0 Å². The number of rotatable bonds is 8. The van der Waals surface area contributed by atoms with Crippen LogP contribution in [0.2, 0.25) is 0 Å². The van der Waals surface area contributed by atoms with Gasteiger partial charge in [-0.25, -0.2) is 0 Å². The monoisotopic (exact) mass is 781 g/mol. The van der Waals surface area contributed by atoms with Crippen LogP contribution in [0.5, 0.6) is 0 Å². The van der Waals surface area contributed by atoms with Gasteiger partial charge in [-0.2, -0.15) is 0 Å². The van der Waals surface area contributed by atoms with Crippen molar-refractivity contribution in [2.24, 2.45) is 0 Å². The molecule has 0 aliphatic carbocycles. The first-order chi connectivity index (χ1) is 29.7. The zero-order chi connectivity index (χ0) is 39.8.